The van der Waals surface area contributed by atoms with Gasteiger partial charge in [-0.05, 0) is 47.5 Å². The number of rotatable bonds is 3. The van der Waals surface area contributed by atoms with Crippen molar-refractivity contribution in [2.75, 3.05) is 0 Å². The summed E-state index contributed by atoms with van der Waals surface area (Å²) in [7, 11) is 0. The summed E-state index contributed by atoms with van der Waals surface area (Å²) < 4.78 is 1.63. The fourth-order valence-corrected chi connectivity index (χ4v) is 3.53. The number of aliphatic hydroxyl groups is 1. The first-order chi connectivity index (χ1) is 9.74. The Morgan fingerprint density at radius 3 is 2.65 bits per heavy atom. The van der Waals surface area contributed by atoms with Crippen LogP contribution in [0.3, 0.4) is 0 Å². The van der Waals surface area contributed by atoms with Gasteiger partial charge in [-0.1, -0.05) is 24.6 Å². The molecule has 2 unspecified atom stereocenters. The Kier molecular flexibility index (Phi) is 3.88. The molecule has 1 aliphatic rings. The van der Waals surface area contributed by atoms with Gasteiger partial charge in [0.05, 0.1) is 11.8 Å². The predicted molar refractivity (Wildman–Crippen MR) is 74.9 cm³/mol. The van der Waals surface area contributed by atoms with E-state index in [0.717, 1.165) is 31.4 Å². The second kappa shape index (κ2) is 5.80. The van der Waals surface area contributed by atoms with Gasteiger partial charge in [0.15, 0.2) is 0 Å². The van der Waals surface area contributed by atoms with E-state index < -0.39 is 0 Å². The maximum absolute atomic E-state index is 10.0. The van der Waals surface area contributed by atoms with E-state index in [-0.39, 0.29) is 17.1 Å². The molecule has 6 nitrogen and oxygen atoms in total. The van der Waals surface area contributed by atoms with E-state index in [1.807, 2.05) is 0 Å². The molecule has 1 heterocycles. The van der Waals surface area contributed by atoms with Crippen LogP contribution >= 0.6 is 11.8 Å². The minimum atomic E-state index is -0.293. The SMILES string of the molecule is Oc1ccc(-n2nnnc2SC2CCCCC2O)cc1. The molecule has 20 heavy (non-hydrogen) atoms. The zero-order valence-electron chi connectivity index (χ0n) is 10.9. The van der Waals surface area contributed by atoms with E-state index in [0.29, 0.717) is 5.16 Å². The molecule has 2 N–H and O–H groups in total. The quantitative estimate of drug-likeness (QED) is 0.897. The number of aromatic nitrogens is 4. The first-order valence-electron chi connectivity index (χ1n) is 6.66. The Labute approximate surface area is 120 Å². The Balaban J connectivity index is 1.81. The van der Waals surface area contributed by atoms with Crippen molar-refractivity contribution in [3.63, 3.8) is 0 Å². The van der Waals surface area contributed by atoms with Crippen molar-refractivity contribution in [3.8, 4) is 11.4 Å². The number of phenols is 1. The minimum absolute atomic E-state index is 0.144. The van der Waals surface area contributed by atoms with Crippen molar-refractivity contribution in [2.24, 2.45) is 0 Å². The van der Waals surface area contributed by atoms with Crippen LogP contribution in [0.15, 0.2) is 29.4 Å². The van der Waals surface area contributed by atoms with Crippen molar-refractivity contribution >= 4 is 11.8 Å². The number of nitrogens with zero attached hydrogens (tertiary/aromatic N) is 4. The number of hydrogen-bond acceptors (Lipinski definition) is 6. The number of hydrogen-bond donors (Lipinski definition) is 2. The third-order valence-corrected chi connectivity index (χ3v) is 4.78. The van der Waals surface area contributed by atoms with Gasteiger partial charge < -0.3 is 10.2 Å². The molecule has 1 aromatic carbocycles. The van der Waals surface area contributed by atoms with Gasteiger partial charge in [-0.2, -0.15) is 4.68 Å². The predicted octanol–water partition coefficient (Wildman–Crippen LogP) is 1.76. The summed E-state index contributed by atoms with van der Waals surface area (Å²) in [4.78, 5) is 0. The van der Waals surface area contributed by atoms with E-state index in [4.69, 9.17) is 0 Å². The minimum Gasteiger partial charge on any atom is -0.508 e. The van der Waals surface area contributed by atoms with Crippen LogP contribution in [0.25, 0.3) is 5.69 Å². The molecule has 2 aromatic rings. The molecule has 0 radical (unpaired) electrons. The fourth-order valence-electron chi connectivity index (χ4n) is 2.36. The van der Waals surface area contributed by atoms with Crippen molar-refractivity contribution in [3.05, 3.63) is 24.3 Å². The topological polar surface area (TPSA) is 84.1 Å². The van der Waals surface area contributed by atoms with E-state index in [1.54, 1.807) is 28.9 Å². The third-order valence-electron chi connectivity index (χ3n) is 3.46. The van der Waals surface area contributed by atoms with Gasteiger partial charge in [-0.25, -0.2) is 0 Å². The highest BCUT2D eigenvalue weighted by Gasteiger charge is 2.26. The molecule has 0 spiro atoms. The van der Waals surface area contributed by atoms with Gasteiger partial charge in [0.2, 0.25) is 5.16 Å². The van der Waals surface area contributed by atoms with Gasteiger partial charge in [-0.15, -0.1) is 5.10 Å². The zero-order chi connectivity index (χ0) is 13.9. The van der Waals surface area contributed by atoms with E-state index in [1.165, 1.54) is 11.8 Å². The van der Waals surface area contributed by atoms with Crippen LogP contribution in [0.5, 0.6) is 5.75 Å². The largest absolute Gasteiger partial charge is 0.508 e. The molecule has 3 rings (SSSR count). The lowest BCUT2D eigenvalue weighted by Gasteiger charge is -2.26. The monoisotopic (exact) mass is 292 g/mol. The van der Waals surface area contributed by atoms with Crippen molar-refractivity contribution < 1.29 is 10.2 Å². The number of benzene rings is 1. The van der Waals surface area contributed by atoms with Crippen LogP contribution in [-0.2, 0) is 0 Å². The van der Waals surface area contributed by atoms with E-state index >= 15 is 0 Å². The van der Waals surface area contributed by atoms with Crippen molar-refractivity contribution in [2.45, 2.75) is 42.2 Å². The summed E-state index contributed by atoms with van der Waals surface area (Å²) in [6, 6.07) is 6.71. The Hall–Kier alpha value is -1.60. The average molecular weight is 292 g/mol. The normalized spacial score (nSPS) is 22.9. The van der Waals surface area contributed by atoms with Gasteiger partial charge in [0.1, 0.15) is 5.75 Å². The highest BCUT2D eigenvalue weighted by atomic mass is 32.2. The van der Waals surface area contributed by atoms with E-state index in [2.05, 4.69) is 15.5 Å². The molecular weight excluding hydrogens is 276 g/mol. The summed E-state index contributed by atoms with van der Waals surface area (Å²) in [5.74, 6) is 0.207. The van der Waals surface area contributed by atoms with Crippen LogP contribution in [0.4, 0.5) is 0 Å². The van der Waals surface area contributed by atoms with Gasteiger partial charge in [0.25, 0.3) is 0 Å². The number of aromatic hydroxyl groups is 1. The first-order valence-corrected chi connectivity index (χ1v) is 7.54. The molecule has 1 fully saturated rings. The number of thioether (sulfide) groups is 1. The van der Waals surface area contributed by atoms with Gasteiger partial charge in [0, 0.05) is 5.25 Å². The lowest BCUT2D eigenvalue weighted by Crippen LogP contribution is -2.27. The van der Waals surface area contributed by atoms with Crippen LogP contribution in [0, 0.1) is 0 Å². The van der Waals surface area contributed by atoms with E-state index in [9.17, 15) is 10.2 Å². The number of phenolic OH excluding ortho intramolecular Hbond substituents is 1. The lowest BCUT2D eigenvalue weighted by atomic mass is 9.97. The summed E-state index contributed by atoms with van der Waals surface area (Å²) in [5, 5.41) is 31.9. The molecule has 0 saturated heterocycles. The molecule has 2 atom stereocenters. The Bertz CT molecular complexity index is 572. The lowest BCUT2D eigenvalue weighted by molar-refractivity contribution is 0.137. The van der Waals surface area contributed by atoms with Crippen LogP contribution < -0.4 is 0 Å². The summed E-state index contributed by atoms with van der Waals surface area (Å²) in [5.41, 5.74) is 0.792. The number of tetrazole rings is 1. The highest BCUT2D eigenvalue weighted by Crippen LogP contribution is 2.33. The van der Waals surface area contributed by atoms with Crippen molar-refractivity contribution in [1.82, 2.24) is 20.2 Å². The third kappa shape index (κ3) is 2.78. The standard InChI is InChI=1S/C13H16N4O2S/c18-10-7-5-9(6-8-10)17-13(14-15-16-17)20-12-4-2-1-3-11(12)19/h5-8,11-12,18-19H,1-4H2. The second-order valence-electron chi connectivity index (χ2n) is 4.90. The fraction of sp³-hybridized carbons (Fsp3) is 0.462. The molecule has 0 aliphatic heterocycles. The average Bonchev–Trinajstić information content (AvgIpc) is 2.90. The van der Waals surface area contributed by atoms with Crippen molar-refractivity contribution in [1.29, 1.82) is 0 Å². The molecule has 7 heteroatoms. The summed E-state index contributed by atoms with van der Waals surface area (Å²) in [6.45, 7) is 0. The maximum Gasteiger partial charge on any atom is 0.214 e. The number of aliphatic hydroxyl groups excluding tert-OH is 1. The first kappa shape index (κ1) is 13.4. The molecule has 106 valence electrons. The Morgan fingerprint density at radius 1 is 1.15 bits per heavy atom. The molecule has 0 bridgehead atoms. The highest BCUT2D eigenvalue weighted by molar-refractivity contribution is 7.99. The van der Waals surface area contributed by atoms with Gasteiger partial charge >= 0.3 is 0 Å². The molecule has 0 amide bonds. The van der Waals surface area contributed by atoms with Gasteiger partial charge in [-0.3, -0.25) is 0 Å². The molecule has 1 saturated carbocycles. The molecule has 1 aliphatic carbocycles. The molecular formula is C13H16N4O2S. The zero-order valence-corrected chi connectivity index (χ0v) is 11.7. The van der Waals surface area contributed by atoms with Crippen LogP contribution in [-0.4, -0.2) is 41.8 Å². The van der Waals surface area contributed by atoms with Crippen LogP contribution in [0.1, 0.15) is 25.7 Å². The smallest absolute Gasteiger partial charge is 0.214 e. The van der Waals surface area contributed by atoms with Crippen LogP contribution in [0.2, 0.25) is 0 Å². The summed E-state index contributed by atoms with van der Waals surface area (Å²) >= 11 is 1.52. The maximum atomic E-state index is 10.0. The summed E-state index contributed by atoms with van der Waals surface area (Å²) in [6.07, 6.45) is 3.75. The Morgan fingerprint density at radius 2 is 1.90 bits per heavy atom. The second-order valence-corrected chi connectivity index (χ2v) is 6.10. The molecule has 1 aromatic heterocycles.